The molecule has 1 saturated heterocycles. The van der Waals surface area contributed by atoms with Gasteiger partial charge in [-0.05, 0) is 43.4 Å². The predicted molar refractivity (Wildman–Crippen MR) is 91.4 cm³/mol. The number of nitrogens with one attached hydrogen (secondary N) is 1. The average molecular weight is 332 g/mol. The summed E-state index contributed by atoms with van der Waals surface area (Å²) in [6.07, 6.45) is 3.62. The first-order valence-corrected chi connectivity index (χ1v) is 9.02. The zero-order valence-corrected chi connectivity index (χ0v) is 13.8. The van der Waals surface area contributed by atoms with Gasteiger partial charge in [0.25, 0.3) is 0 Å². The Bertz CT molecular complexity index is 739. The molecule has 6 nitrogen and oxygen atoms in total. The molecule has 0 saturated carbocycles. The van der Waals surface area contributed by atoms with Crippen LogP contribution in [0.5, 0.6) is 0 Å². The van der Waals surface area contributed by atoms with E-state index >= 15 is 0 Å². The molecule has 0 bridgehead atoms. The highest BCUT2D eigenvalue weighted by Gasteiger charge is 2.18. The summed E-state index contributed by atoms with van der Waals surface area (Å²) < 4.78 is 25.8. The van der Waals surface area contributed by atoms with Crippen LogP contribution < -0.4 is 14.5 Å². The van der Waals surface area contributed by atoms with E-state index in [-0.39, 0.29) is 0 Å². The molecule has 0 radical (unpaired) electrons. The number of anilines is 2. The van der Waals surface area contributed by atoms with E-state index in [1.165, 1.54) is 12.7 Å². The minimum Gasteiger partial charge on any atom is -0.368 e. The van der Waals surface area contributed by atoms with Gasteiger partial charge in [0.15, 0.2) is 0 Å². The van der Waals surface area contributed by atoms with Gasteiger partial charge in [0, 0.05) is 49.9 Å². The van der Waals surface area contributed by atoms with E-state index in [0.717, 1.165) is 31.9 Å². The zero-order chi connectivity index (χ0) is 16.3. The molecule has 0 aliphatic carbocycles. The van der Waals surface area contributed by atoms with Crippen molar-refractivity contribution in [3.8, 4) is 0 Å². The SMILES string of the molecule is CNS(=O)(=O)c1ccc(N2CCN(c3ccncc3)CC2)cc1. The van der Waals surface area contributed by atoms with Crippen LogP contribution in [0.4, 0.5) is 11.4 Å². The summed E-state index contributed by atoms with van der Waals surface area (Å²) in [6, 6.07) is 11.1. The van der Waals surface area contributed by atoms with Crippen LogP contribution in [0.25, 0.3) is 0 Å². The van der Waals surface area contributed by atoms with Crippen molar-refractivity contribution in [1.29, 1.82) is 0 Å². The minimum absolute atomic E-state index is 0.291. The van der Waals surface area contributed by atoms with Crippen LogP contribution in [-0.2, 0) is 10.0 Å². The zero-order valence-electron chi connectivity index (χ0n) is 13.0. The van der Waals surface area contributed by atoms with Crippen molar-refractivity contribution in [3.05, 3.63) is 48.8 Å². The number of nitrogens with zero attached hydrogens (tertiary/aromatic N) is 3. The molecule has 23 heavy (non-hydrogen) atoms. The van der Waals surface area contributed by atoms with Crippen LogP contribution in [0.1, 0.15) is 0 Å². The average Bonchev–Trinajstić information content (AvgIpc) is 2.63. The first kappa shape index (κ1) is 15.8. The van der Waals surface area contributed by atoms with E-state index in [2.05, 4.69) is 19.5 Å². The molecule has 2 aromatic rings. The highest BCUT2D eigenvalue weighted by Crippen LogP contribution is 2.21. The summed E-state index contributed by atoms with van der Waals surface area (Å²) in [5, 5.41) is 0. The lowest BCUT2D eigenvalue weighted by molar-refractivity contribution is 0.588. The van der Waals surface area contributed by atoms with E-state index in [9.17, 15) is 8.42 Å². The lowest BCUT2D eigenvalue weighted by Gasteiger charge is -2.37. The topological polar surface area (TPSA) is 65.5 Å². The fourth-order valence-electron chi connectivity index (χ4n) is 2.73. The number of rotatable bonds is 4. The van der Waals surface area contributed by atoms with E-state index in [0.29, 0.717) is 4.90 Å². The van der Waals surface area contributed by atoms with E-state index in [1.807, 2.05) is 36.7 Å². The van der Waals surface area contributed by atoms with Gasteiger partial charge in [0.1, 0.15) is 0 Å². The van der Waals surface area contributed by atoms with Crippen LogP contribution in [0, 0.1) is 0 Å². The number of hydrogen-bond acceptors (Lipinski definition) is 5. The van der Waals surface area contributed by atoms with Gasteiger partial charge in [-0.1, -0.05) is 0 Å². The van der Waals surface area contributed by atoms with Gasteiger partial charge >= 0.3 is 0 Å². The molecule has 3 rings (SSSR count). The van der Waals surface area contributed by atoms with Crippen LogP contribution in [-0.4, -0.2) is 46.6 Å². The number of pyridine rings is 1. The fraction of sp³-hybridized carbons (Fsp3) is 0.312. The van der Waals surface area contributed by atoms with Crippen molar-refractivity contribution >= 4 is 21.4 Å². The smallest absolute Gasteiger partial charge is 0.240 e. The Morgan fingerprint density at radius 3 is 1.83 bits per heavy atom. The predicted octanol–water partition coefficient (Wildman–Crippen LogP) is 1.32. The third-order valence-electron chi connectivity index (χ3n) is 4.09. The largest absolute Gasteiger partial charge is 0.368 e. The molecule has 0 amide bonds. The lowest BCUT2D eigenvalue weighted by Crippen LogP contribution is -2.46. The second-order valence-electron chi connectivity index (χ2n) is 5.38. The van der Waals surface area contributed by atoms with Crippen molar-refractivity contribution < 1.29 is 8.42 Å². The Morgan fingerprint density at radius 2 is 1.35 bits per heavy atom. The lowest BCUT2D eigenvalue weighted by atomic mass is 10.2. The number of hydrogen-bond donors (Lipinski definition) is 1. The molecule has 1 aromatic carbocycles. The van der Waals surface area contributed by atoms with Gasteiger partial charge < -0.3 is 9.80 Å². The second-order valence-corrected chi connectivity index (χ2v) is 7.27. The molecular formula is C16H20N4O2S. The maximum atomic E-state index is 11.8. The molecule has 1 aromatic heterocycles. The van der Waals surface area contributed by atoms with E-state index < -0.39 is 10.0 Å². The maximum absolute atomic E-state index is 11.8. The molecule has 0 spiro atoms. The van der Waals surface area contributed by atoms with Gasteiger partial charge in [-0.15, -0.1) is 0 Å². The summed E-state index contributed by atoms with van der Waals surface area (Å²) in [4.78, 5) is 8.94. The third-order valence-corrected chi connectivity index (χ3v) is 5.52. The number of sulfonamides is 1. The first-order chi connectivity index (χ1) is 11.1. The number of benzene rings is 1. The summed E-state index contributed by atoms with van der Waals surface area (Å²) >= 11 is 0. The molecule has 7 heteroatoms. The Morgan fingerprint density at radius 1 is 0.870 bits per heavy atom. The Labute approximate surface area is 136 Å². The van der Waals surface area contributed by atoms with Crippen molar-refractivity contribution in [1.82, 2.24) is 9.71 Å². The van der Waals surface area contributed by atoms with Crippen LogP contribution in [0.15, 0.2) is 53.7 Å². The van der Waals surface area contributed by atoms with Crippen molar-refractivity contribution in [2.24, 2.45) is 0 Å². The molecule has 0 unspecified atom stereocenters. The molecular weight excluding hydrogens is 312 g/mol. The van der Waals surface area contributed by atoms with Crippen molar-refractivity contribution in [3.63, 3.8) is 0 Å². The molecule has 122 valence electrons. The first-order valence-electron chi connectivity index (χ1n) is 7.54. The third kappa shape index (κ3) is 3.46. The van der Waals surface area contributed by atoms with Gasteiger partial charge in [-0.2, -0.15) is 0 Å². The second kappa shape index (κ2) is 6.55. The number of piperazine rings is 1. The van der Waals surface area contributed by atoms with Crippen molar-refractivity contribution in [2.45, 2.75) is 4.90 Å². The van der Waals surface area contributed by atoms with E-state index in [1.54, 1.807) is 12.1 Å². The standard InChI is InChI=1S/C16H20N4O2S/c1-17-23(21,22)16-4-2-14(3-5-16)19-10-12-20(13-11-19)15-6-8-18-9-7-15/h2-9,17H,10-13H2,1H3. The van der Waals surface area contributed by atoms with Gasteiger partial charge in [-0.25, -0.2) is 13.1 Å². The highest BCUT2D eigenvalue weighted by molar-refractivity contribution is 7.89. The van der Waals surface area contributed by atoms with E-state index in [4.69, 9.17) is 0 Å². The normalized spacial score (nSPS) is 15.7. The Hall–Kier alpha value is -2.12. The molecule has 1 N–H and O–H groups in total. The van der Waals surface area contributed by atoms with Gasteiger partial charge in [0.2, 0.25) is 10.0 Å². The van der Waals surface area contributed by atoms with Crippen molar-refractivity contribution in [2.75, 3.05) is 43.0 Å². The molecule has 2 heterocycles. The van der Waals surface area contributed by atoms with Gasteiger partial charge in [0.05, 0.1) is 4.90 Å². The summed E-state index contributed by atoms with van der Waals surface area (Å²) in [5.41, 5.74) is 2.24. The molecule has 0 atom stereocenters. The Kier molecular flexibility index (Phi) is 4.49. The minimum atomic E-state index is -3.37. The summed E-state index contributed by atoms with van der Waals surface area (Å²) in [5.74, 6) is 0. The molecule has 1 aliphatic heterocycles. The quantitative estimate of drug-likeness (QED) is 0.915. The monoisotopic (exact) mass is 332 g/mol. The van der Waals surface area contributed by atoms with Crippen LogP contribution in [0.3, 0.4) is 0 Å². The van der Waals surface area contributed by atoms with Crippen LogP contribution >= 0.6 is 0 Å². The van der Waals surface area contributed by atoms with Crippen LogP contribution in [0.2, 0.25) is 0 Å². The molecule has 1 aliphatic rings. The summed E-state index contributed by atoms with van der Waals surface area (Å²) in [7, 11) is -1.95. The Balaban J connectivity index is 1.66. The highest BCUT2D eigenvalue weighted by atomic mass is 32.2. The fourth-order valence-corrected chi connectivity index (χ4v) is 3.46. The molecule has 1 fully saturated rings. The summed E-state index contributed by atoms with van der Waals surface area (Å²) in [6.45, 7) is 3.67. The van der Waals surface area contributed by atoms with Gasteiger partial charge in [-0.3, -0.25) is 4.98 Å². The maximum Gasteiger partial charge on any atom is 0.240 e. The number of aromatic nitrogens is 1.